The van der Waals surface area contributed by atoms with Crippen LogP contribution < -0.4 is 0 Å². The van der Waals surface area contributed by atoms with Crippen molar-refractivity contribution < 1.29 is 4.39 Å². The number of hydrogen-bond acceptors (Lipinski definition) is 2. The second kappa shape index (κ2) is 6.66. The SMILES string of the molecule is CCCn1ncnc1CC(CCl)c1cccc(F)c1. The van der Waals surface area contributed by atoms with Crippen LogP contribution in [0.5, 0.6) is 0 Å². The summed E-state index contributed by atoms with van der Waals surface area (Å²) in [6, 6.07) is 6.58. The molecule has 0 spiro atoms. The van der Waals surface area contributed by atoms with E-state index in [1.165, 1.54) is 12.1 Å². The fraction of sp³-hybridized carbons (Fsp3) is 0.429. The van der Waals surface area contributed by atoms with Gasteiger partial charge >= 0.3 is 0 Å². The predicted molar refractivity (Wildman–Crippen MR) is 73.9 cm³/mol. The summed E-state index contributed by atoms with van der Waals surface area (Å²) in [5.74, 6) is 1.15. The van der Waals surface area contributed by atoms with E-state index in [1.54, 1.807) is 12.4 Å². The van der Waals surface area contributed by atoms with Crippen LogP contribution >= 0.6 is 11.6 Å². The van der Waals surface area contributed by atoms with Gasteiger partial charge in [0.1, 0.15) is 18.0 Å². The molecule has 2 rings (SSSR count). The highest BCUT2D eigenvalue weighted by Crippen LogP contribution is 2.22. The Morgan fingerprint density at radius 3 is 2.95 bits per heavy atom. The fourth-order valence-electron chi connectivity index (χ4n) is 2.09. The summed E-state index contributed by atoms with van der Waals surface area (Å²) in [6.07, 6.45) is 3.23. The van der Waals surface area contributed by atoms with Gasteiger partial charge in [-0.2, -0.15) is 5.10 Å². The first-order valence-electron chi connectivity index (χ1n) is 6.42. The van der Waals surface area contributed by atoms with E-state index in [0.717, 1.165) is 24.4 Å². The molecular formula is C14H17ClFN3. The van der Waals surface area contributed by atoms with Crippen LogP contribution in [0.3, 0.4) is 0 Å². The molecular weight excluding hydrogens is 265 g/mol. The summed E-state index contributed by atoms with van der Waals surface area (Å²) in [5.41, 5.74) is 0.904. The number of nitrogens with zero attached hydrogens (tertiary/aromatic N) is 3. The average Bonchev–Trinajstić information content (AvgIpc) is 2.84. The average molecular weight is 282 g/mol. The van der Waals surface area contributed by atoms with Gasteiger partial charge in [0.2, 0.25) is 0 Å². The number of aromatic nitrogens is 3. The first-order chi connectivity index (χ1) is 9.24. The number of aryl methyl sites for hydroxylation is 1. The van der Waals surface area contributed by atoms with Crippen LogP contribution in [0.2, 0.25) is 0 Å². The molecule has 2 aromatic rings. The summed E-state index contributed by atoms with van der Waals surface area (Å²) in [7, 11) is 0. The number of hydrogen-bond donors (Lipinski definition) is 0. The summed E-state index contributed by atoms with van der Waals surface area (Å²) in [4.78, 5) is 4.27. The lowest BCUT2D eigenvalue weighted by molar-refractivity contribution is 0.552. The highest BCUT2D eigenvalue weighted by Gasteiger charge is 2.15. The topological polar surface area (TPSA) is 30.7 Å². The molecule has 0 saturated carbocycles. The molecule has 1 atom stereocenters. The van der Waals surface area contributed by atoms with Gasteiger partial charge in [-0.3, -0.25) is 4.68 Å². The molecule has 102 valence electrons. The Hall–Kier alpha value is -1.42. The van der Waals surface area contributed by atoms with Gasteiger partial charge in [0, 0.05) is 24.8 Å². The Morgan fingerprint density at radius 2 is 2.26 bits per heavy atom. The van der Waals surface area contributed by atoms with Crippen molar-refractivity contribution >= 4 is 11.6 Å². The molecule has 0 aliphatic rings. The van der Waals surface area contributed by atoms with Crippen molar-refractivity contribution in [1.82, 2.24) is 14.8 Å². The highest BCUT2D eigenvalue weighted by atomic mass is 35.5. The Balaban J connectivity index is 2.17. The normalized spacial score (nSPS) is 12.6. The minimum absolute atomic E-state index is 0.0529. The lowest BCUT2D eigenvalue weighted by atomic mass is 9.97. The van der Waals surface area contributed by atoms with Crippen molar-refractivity contribution in [1.29, 1.82) is 0 Å². The first kappa shape index (κ1) is 14.0. The van der Waals surface area contributed by atoms with Gasteiger partial charge in [0.25, 0.3) is 0 Å². The Bertz CT molecular complexity index is 527. The third-order valence-electron chi connectivity index (χ3n) is 3.07. The second-order valence-corrected chi connectivity index (χ2v) is 4.82. The molecule has 0 bridgehead atoms. The van der Waals surface area contributed by atoms with Gasteiger partial charge in [0.05, 0.1) is 0 Å². The monoisotopic (exact) mass is 281 g/mol. The van der Waals surface area contributed by atoms with Crippen LogP contribution in [0.25, 0.3) is 0 Å². The highest BCUT2D eigenvalue weighted by molar-refractivity contribution is 6.18. The molecule has 0 aliphatic heterocycles. The van der Waals surface area contributed by atoms with Crippen LogP contribution in [0.1, 0.15) is 30.7 Å². The van der Waals surface area contributed by atoms with Gasteiger partial charge in [-0.1, -0.05) is 19.1 Å². The summed E-state index contributed by atoms with van der Waals surface area (Å²) in [6.45, 7) is 2.94. The van der Waals surface area contributed by atoms with Crippen molar-refractivity contribution in [3.63, 3.8) is 0 Å². The van der Waals surface area contributed by atoms with Crippen LogP contribution in [-0.4, -0.2) is 20.6 Å². The molecule has 0 saturated heterocycles. The first-order valence-corrected chi connectivity index (χ1v) is 6.96. The zero-order chi connectivity index (χ0) is 13.7. The van der Waals surface area contributed by atoms with Gasteiger partial charge in [-0.25, -0.2) is 9.37 Å². The lowest BCUT2D eigenvalue weighted by Crippen LogP contribution is -2.12. The number of halogens is 2. The van der Waals surface area contributed by atoms with Crippen LogP contribution in [0.4, 0.5) is 4.39 Å². The Labute approximate surface area is 117 Å². The molecule has 0 N–H and O–H groups in total. The van der Waals surface area contributed by atoms with Crippen molar-refractivity contribution in [2.75, 3.05) is 5.88 Å². The van der Waals surface area contributed by atoms with Crippen molar-refractivity contribution in [2.45, 2.75) is 32.2 Å². The number of benzene rings is 1. The molecule has 0 fully saturated rings. The number of alkyl halides is 1. The zero-order valence-corrected chi connectivity index (χ0v) is 11.6. The van der Waals surface area contributed by atoms with Gasteiger partial charge in [-0.15, -0.1) is 11.6 Å². The smallest absolute Gasteiger partial charge is 0.138 e. The van der Waals surface area contributed by atoms with Gasteiger partial charge < -0.3 is 0 Å². The van der Waals surface area contributed by atoms with E-state index in [9.17, 15) is 4.39 Å². The Morgan fingerprint density at radius 1 is 1.42 bits per heavy atom. The van der Waals surface area contributed by atoms with Crippen LogP contribution in [0.15, 0.2) is 30.6 Å². The molecule has 1 unspecified atom stereocenters. The zero-order valence-electron chi connectivity index (χ0n) is 10.9. The molecule has 5 heteroatoms. The van der Waals surface area contributed by atoms with Crippen molar-refractivity contribution in [3.8, 4) is 0 Å². The largest absolute Gasteiger partial charge is 0.250 e. The lowest BCUT2D eigenvalue weighted by Gasteiger charge is -2.14. The van der Waals surface area contributed by atoms with Crippen LogP contribution in [-0.2, 0) is 13.0 Å². The van der Waals surface area contributed by atoms with E-state index < -0.39 is 0 Å². The van der Waals surface area contributed by atoms with E-state index >= 15 is 0 Å². The van der Waals surface area contributed by atoms with Gasteiger partial charge in [-0.05, 0) is 24.1 Å². The predicted octanol–water partition coefficient (Wildman–Crippen LogP) is 3.39. The third kappa shape index (κ3) is 3.53. The van der Waals surface area contributed by atoms with E-state index in [4.69, 9.17) is 11.6 Å². The maximum atomic E-state index is 13.3. The minimum Gasteiger partial charge on any atom is -0.250 e. The summed E-state index contributed by atoms with van der Waals surface area (Å²) < 4.78 is 15.2. The van der Waals surface area contributed by atoms with Crippen molar-refractivity contribution in [2.24, 2.45) is 0 Å². The molecule has 0 radical (unpaired) electrons. The van der Waals surface area contributed by atoms with Crippen LogP contribution in [0, 0.1) is 5.82 Å². The maximum absolute atomic E-state index is 13.3. The fourth-order valence-corrected chi connectivity index (χ4v) is 2.37. The van der Waals surface area contributed by atoms with Gasteiger partial charge in [0.15, 0.2) is 0 Å². The number of rotatable bonds is 6. The minimum atomic E-state index is -0.234. The Kier molecular flexibility index (Phi) is 4.91. The standard InChI is InChI=1S/C14H17ClFN3/c1-2-6-19-14(17-10-18-19)8-12(9-15)11-4-3-5-13(16)7-11/h3-5,7,10,12H,2,6,8-9H2,1H3. The van der Waals surface area contributed by atoms with E-state index in [-0.39, 0.29) is 11.7 Å². The second-order valence-electron chi connectivity index (χ2n) is 4.51. The molecule has 1 aromatic carbocycles. The molecule has 1 aromatic heterocycles. The van der Waals surface area contributed by atoms with E-state index in [0.29, 0.717) is 12.3 Å². The molecule has 0 amide bonds. The maximum Gasteiger partial charge on any atom is 0.138 e. The molecule has 19 heavy (non-hydrogen) atoms. The molecule has 0 aliphatic carbocycles. The van der Waals surface area contributed by atoms with Crippen molar-refractivity contribution in [3.05, 3.63) is 47.8 Å². The summed E-state index contributed by atoms with van der Waals surface area (Å²) >= 11 is 6.02. The quantitative estimate of drug-likeness (QED) is 0.760. The van der Waals surface area contributed by atoms with E-state index in [2.05, 4.69) is 17.0 Å². The summed E-state index contributed by atoms with van der Waals surface area (Å²) in [5, 5.41) is 4.19. The third-order valence-corrected chi connectivity index (χ3v) is 3.44. The molecule has 3 nitrogen and oxygen atoms in total. The van der Waals surface area contributed by atoms with E-state index in [1.807, 2.05) is 10.7 Å². The molecule has 1 heterocycles.